The Balaban J connectivity index is 2.50. The molecule has 0 N–H and O–H groups in total. The second-order valence-corrected chi connectivity index (χ2v) is 2.82. The van der Waals surface area contributed by atoms with E-state index in [9.17, 15) is 4.79 Å². The summed E-state index contributed by atoms with van der Waals surface area (Å²) in [5.41, 5.74) is 0. The van der Waals surface area contributed by atoms with Crippen LogP contribution in [0.1, 0.15) is 6.42 Å². The van der Waals surface area contributed by atoms with E-state index in [2.05, 4.69) is 0 Å². The first-order valence-corrected chi connectivity index (χ1v) is 3.85. The van der Waals surface area contributed by atoms with Crippen LogP contribution in [-0.4, -0.2) is 10.9 Å². The summed E-state index contributed by atoms with van der Waals surface area (Å²) in [5, 5.41) is 0.260. The summed E-state index contributed by atoms with van der Waals surface area (Å²) < 4.78 is 0. The standard InChI is InChI=1S/C7H8OS/c8-7-5-3-1-2-4-6-9-7/h1-4H,5-6H2. The molecule has 2 heteroatoms. The Kier molecular flexibility index (Phi) is 2.58. The minimum absolute atomic E-state index is 0.260. The van der Waals surface area contributed by atoms with E-state index in [1.807, 2.05) is 24.3 Å². The smallest absolute Gasteiger partial charge is 0.193 e. The van der Waals surface area contributed by atoms with Crippen LogP contribution in [0.25, 0.3) is 0 Å². The Bertz CT molecular complexity index is 158. The lowest BCUT2D eigenvalue weighted by molar-refractivity contribution is -0.110. The topological polar surface area (TPSA) is 17.1 Å². The van der Waals surface area contributed by atoms with Crippen molar-refractivity contribution in [3.05, 3.63) is 24.3 Å². The lowest BCUT2D eigenvalue weighted by atomic mass is 10.4. The van der Waals surface area contributed by atoms with Crippen molar-refractivity contribution >= 4 is 16.9 Å². The molecular formula is C7H8OS. The third-order valence-corrected chi connectivity index (χ3v) is 1.86. The van der Waals surface area contributed by atoms with Crippen LogP contribution < -0.4 is 0 Å². The molecule has 1 heterocycles. The van der Waals surface area contributed by atoms with E-state index in [-0.39, 0.29) is 5.12 Å². The van der Waals surface area contributed by atoms with Crippen LogP contribution in [-0.2, 0) is 4.79 Å². The molecule has 0 amide bonds. The van der Waals surface area contributed by atoms with Gasteiger partial charge >= 0.3 is 0 Å². The normalized spacial score (nSPS) is 19.3. The van der Waals surface area contributed by atoms with Crippen LogP contribution in [0.5, 0.6) is 0 Å². The maximum atomic E-state index is 10.7. The lowest BCUT2D eigenvalue weighted by Gasteiger charge is -1.94. The Hall–Kier alpha value is -0.500. The molecule has 0 aromatic rings. The molecule has 0 aromatic heterocycles. The van der Waals surface area contributed by atoms with Crippen LogP contribution in [0, 0.1) is 0 Å². The number of allylic oxidation sites excluding steroid dienone is 3. The highest BCUT2D eigenvalue weighted by atomic mass is 32.2. The first kappa shape index (κ1) is 6.62. The fourth-order valence-corrected chi connectivity index (χ4v) is 1.18. The third-order valence-electron chi connectivity index (χ3n) is 1.01. The minimum atomic E-state index is 0.260. The van der Waals surface area contributed by atoms with E-state index in [1.54, 1.807) is 0 Å². The quantitative estimate of drug-likeness (QED) is 0.510. The van der Waals surface area contributed by atoms with E-state index in [0.29, 0.717) is 6.42 Å². The molecule has 9 heavy (non-hydrogen) atoms. The van der Waals surface area contributed by atoms with Gasteiger partial charge in [0.2, 0.25) is 0 Å². The molecule has 0 saturated heterocycles. The molecule has 0 spiro atoms. The van der Waals surface area contributed by atoms with Gasteiger partial charge in [0.25, 0.3) is 0 Å². The van der Waals surface area contributed by atoms with E-state index >= 15 is 0 Å². The van der Waals surface area contributed by atoms with E-state index in [0.717, 1.165) is 5.75 Å². The van der Waals surface area contributed by atoms with Gasteiger partial charge in [0.05, 0.1) is 0 Å². The van der Waals surface area contributed by atoms with Crippen LogP contribution in [0.4, 0.5) is 0 Å². The first-order chi connectivity index (χ1) is 4.39. The molecule has 0 aromatic carbocycles. The number of carbonyl (C=O) groups is 1. The zero-order valence-electron chi connectivity index (χ0n) is 5.04. The van der Waals surface area contributed by atoms with Crippen molar-refractivity contribution in [1.29, 1.82) is 0 Å². The SMILES string of the molecule is O=C1CC=CC=CCS1. The van der Waals surface area contributed by atoms with Gasteiger partial charge in [-0.1, -0.05) is 36.1 Å². The van der Waals surface area contributed by atoms with Crippen molar-refractivity contribution in [3.8, 4) is 0 Å². The molecule has 0 saturated carbocycles. The van der Waals surface area contributed by atoms with Gasteiger partial charge in [0, 0.05) is 12.2 Å². The number of carbonyl (C=O) groups excluding carboxylic acids is 1. The van der Waals surface area contributed by atoms with Crippen molar-refractivity contribution in [2.24, 2.45) is 0 Å². The van der Waals surface area contributed by atoms with Gasteiger partial charge in [-0.2, -0.15) is 0 Å². The molecule has 0 fully saturated rings. The molecule has 0 bridgehead atoms. The van der Waals surface area contributed by atoms with E-state index < -0.39 is 0 Å². The van der Waals surface area contributed by atoms with E-state index in [1.165, 1.54) is 11.8 Å². The molecule has 0 aliphatic carbocycles. The highest BCUT2D eigenvalue weighted by Gasteiger charge is 1.97. The molecule has 0 radical (unpaired) electrons. The van der Waals surface area contributed by atoms with Crippen molar-refractivity contribution in [2.45, 2.75) is 6.42 Å². The fourth-order valence-electron chi connectivity index (χ4n) is 0.577. The summed E-state index contributed by atoms with van der Waals surface area (Å²) in [6, 6.07) is 0. The Morgan fingerprint density at radius 2 is 2.11 bits per heavy atom. The highest BCUT2D eigenvalue weighted by Crippen LogP contribution is 2.08. The molecule has 48 valence electrons. The summed E-state index contributed by atoms with van der Waals surface area (Å²) in [6.45, 7) is 0. The predicted molar refractivity (Wildman–Crippen MR) is 40.4 cm³/mol. The van der Waals surface area contributed by atoms with Gasteiger partial charge in [-0.25, -0.2) is 0 Å². The molecule has 0 unspecified atom stereocenters. The largest absolute Gasteiger partial charge is 0.287 e. The molecule has 1 aliphatic heterocycles. The maximum absolute atomic E-state index is 10.7. The van der Waals surface area contributed by atoms with E-state index in [4.69, 9.17) is 0 Å². The average molecular weight is 140 g/mol. The number of thioether (sulfide) groups is 1. The van der Waals surface area contributed by atoms with Gasteiger partial charge in [-0.3, -0.25) is 4.79 Å². The van der Waals surface area contributed by atoms with Gasteiger partial charge in [-0.15, -0.1) is 0 Å². The van der Waals surface area contributed by atoms with Gasteiger partial charge in [-0.05, 0) is 0 Å². The van der Waals surface area contributed by atoms with Gasteiger partial charge < -0.3 is 0 Å². The number of hydrogen-bond acceptors (Lipinski definition) is 2. The molecule has 1 rings (SSSR count). The summed E-state index contributed by atoms with van der Waals surface area (Å²) in [5.74, 6) is 0.823. The van der Waals surface area contributed by atoms with Gasteiger partial charge in [0.15, 0.2) is 5.12 Å². The monoisotopic (exact) mass is 140 g/mol. The molecule has 1 nitrogen and oxygen atoms in total. The summed E-state index contributed by atoms with van der Waals surface area (Å²) in [6.07, 6.45) is 8.33. The van der Waals surface area contributed by atoms with Crippen LogP contribution >= 0.6 is 11.8 Å². The zero-order valence-corrected chi connectivity index (χ0v) is 5.86. The summed E-state index contributed by atoms with van der Waals surface area (Å²) in [4.78, 5) is 10.7. The molecule has 1 aliphatic rings. The second kappa shape index (κ2) is 3.51. The Morgan fingerprint density at radius 1 is 1.33 bits per heavy atom. The van der Waals surface area contributed by atoms with Crippen LogP contribution in [0.2, 0.25) is 0 Å². The van der Waals surface area contributed by atoms with Crippen molar-refractivity contribution in [1.82, 2.24) is 0 Å². The van der Waals surface area contributed by atoms with Crippen molar-refractivity contribution < 1.29 is 4.79 Å². The lowest BCUT2D eigenvalue weighted by Crippen LogP contribution is -1.90. The van der Waals surface area contributed by atoms with Crippen molar-refractivity contribution in [3.63, 3.8) is 0 Å². The third kappa shape index (κ3) is 2.51. The fraction of sp³-hybridized carbons (Fsp3) is 0.286. The Morgan fingerprint density at radius 3 is 3.00 bits per heavy atom. The first-order valence-electron chi connectivity index (χ1n) is 2.87. The molecular weight excluding hydrogens is 132 g/mol. The maximum Gasteiger partial charge on any atom is 0.193 e. The Labute approximate surface area is 58.8 Å². The van der Waals surface area contributed by atoms with Gasteiger partial charge in [0.1, 0.15) is 0 Å². The number of rotatable bonds is 0. The predicted octanol–water partition coefficient (Wildman–Crippen LogP) is 1.76. The van der Waals surface area contributed by atoms with Crippen LogP contribution in [0.3, 0.4) is 0 Å². The summed E-state index contributed by atoms with van der Waals surface area (Å²) >= 11 is 1.38. The van der Waals surface area contributed by atoms with Crippen molar-refractivity contribution in [2.75, 3.05) is 5.75 Å². The number of hydrogen-bond donors (Lipinski definition) is 0. The molecule has 0 atom stereocenters. The summed E-state index contributed by atoms with van der Waals surface area (Å²) in [7, 11) is 0. The minimum Gasteiger partial charge on any atom is -0.287 e. The zero-order chi connectivity index (χ0) is 6.53. The van der Waals surface area contributed by atoms with Crippen LogP contribution in [0.15, 0.2) is 24.3 Å². The second-order valence-electron chi connectivity index (χ2n) is 1.74. The average Bonchev–Trinajstić information content (AvgIpc) is 1.79. The highest BCUT2D eigenvalue weighted by molar-refractivity contribution is 8.13.